The minimum absolute atomic E-state index is 0.0276. The van der Waals surface area contributed by atoms with E-state index in [4.69, 9.17) is 11.6 Å². The molecule has 1 aromatic rings. The predicted molar refractivity (Wildman–Crippen MR) is 67.4 cm³/mol. The van der Waals surface area contributed by atoms with E-state index in [1.54, 1.807) is 17.0 Å². The van der Waals surface area contributed by atoms with Gasteiger partial charge in [0.1, 0.15) is 0 Å². The first-order valence-corrected chi connectivity index (χ1v) is 6.66. The average Bonchev–Trinajstić information content (AvgIpc) is 2.71. The standard InChI is InChI=1S/C13H12ClF2NO3/c14-12(18)17-5-1-2-9(7-17)8-3-4-10-11(6-8)20-13(15,16)19-10/h3-4,6,9H,1-2,5,7H2. The van der Waals surface area contributed by atoms with Crippen LogP contribution in [0, 0.1) is 0 Å². The summed E-state index contributed by atoms with van der Waals surface area (Å²) >= 11 is 5.48. The highest BCUT2D eigenvalue weighted by Crippen LogP contribution is 2.43. The van der Waals surface area contributed by atoms with Gasteiger partial charge in [0.05, 0.1) is 0 Å². The minimum atomic E-state index is -3.61. The van der Waals surface area contributed by atoms with Crippen molar-refractivity contribution in [2.24, 2.45) is 0 Å². The summed E-state index contributed by atoms with van der Waals surface area (Å²) in [4.78, 5) is 12.7. The second kappa shape index (κ2) is 4.77. The van der Waals surface area contributed by atoms with Crippen molar-refractivity contribution in [3.63, 3.8) is 0 Å². The Balaban J connectivity index is 1.80. The van der Waals surface area contributed by atoms with E-state index >= 15 is 0 Å². The number of ether oxygens (including phenoxy) is 2. The summed E-state index contributed by atoms with van der Waals surface area (Å²) in [6.07, 6.45) is -1.91. The second-order valence-corrected chi connectivity index (χ2v) is 5.24. The molecule has 1 amide bonds. The number of amides is 1. The number of nitrogens with zero attached hydrogens (tertiary/aromatic N) is 1. The molecule has 0 spiro atoms. The lowest BCUT2D eigenvalue weighted by Gasteiger charge is -2.31. The van der Waals surface area contributed by atoms with Crippen LogP contribution in [-0.4, -0.2) is 29.7 Å². The number of likely N-dealkylation sites (tertiary alicyclic amines) is 1. The summed E-state index contributed by atoms with van der Waals surface area (Å²) in [7, 11) is 0. The molecule has 1 unspecified atom stereocenters. The third-order valence-electron chi connectivity index (χ3n) is 3.57. The molecule has 3 rings (SSSR count). The Morgan fingerprint density at radius 3 is 2.85 bits per heavy atom. The molecule has 2 aliphatic heterocycles. The molecule has 108 valence electrons. The predicted octanol–water partition coefficient (Wildman–Crippen LogP) is 3.55. The van der Waals surface area contributed by atoms with Crippen LogP contribution in [0.3, 0.4) is 0 Å². The molecule has 0 bridgehead atoms. The zero-order valence-corrected chi connectivity index (χ0v) is 11.2. The number of carbonyl (C=O) groups is 1. The molecule has 4 nitrogen and oxygen atoms in total. The molecule has 2 aliphatic rings. The maximum atomic E-state index is 13.0. The third-order valence-corrected chi connectivity index (χ3v) is 3.81. The first-order chi connectivity index (χ1) is 9.44. The molecule has 20 heavy (non-hydrogen) atoms. The topological polar surface area (TPSA) is 38.8 Å². The first kappa shape index (κ1) is 13.4. The molecular weight excluding hydrogens is 292 g/mol. The Morgan fingerprint density at radius 2 is 2.10 bits per heavy atom. The molecule has 1 aromatic carbocycles. The van der Waals surface area contributed by atoms with Gasteiger partial charge in [-0.3, -0.25) is 4.79 Å². The van der Waals surface area contributed by atoms with Gasteiger partial charge in [0.25, 0.3) is 0 Å². The van der Waals surface area contributed by atoms with Crippen LogP contribution in [0.5, 0.6) is 11.5 Å². The monoisotopic (exact) mass is 303 g/mol. The Labute approximate surface area is 119 Å². The Morgan fingerprint density at radius 1 is 1.35 bits per heavy atom. The SMILES string of the molecule is O=C(Cl)N1CCCC(c2ccc3c(c2)OC(F)(F)O3)C1. The van der Waals surface area contributed by atoms with Crippen molar-refractivity contribution < 1.29 is 23.0 Å². The summed E-state index contributed by atoms with van der Waals surface area (Å²) < 4.78 is 34.7. The number of piperidine rings is 1. The fourth-order valence-corrected chi connectivity index (χ4v) is 2.78. The molecule has 1 fully saturated rings. The van der Waals surface area contributed by atoms with Gasteiger partial charge in [-0.05, 0) is 42.1 Å². The van der Waals surface area contributed by atoms with Crippen LogP contribution < -0.4 is 9.47 Å². The van der Waals surface area contributed by atoms with E-state index in [9.17, 15) is 13.6 Å². The van der Waals surface area contributed by atoms with Crippen LogP contribution >= 0.6 is 11.6 Å². The van der Waals surface area contributed by atoms with Gasteiger partial charge in [0.2, 0.25) is 0 Å². The van der Waals surface area contributed by atoms with E-state index in [2.05, 4.69) is 9.47 Å². The van der Waals surface area contributed by atoms with Crippen molar-refractivity contribution in [3.05, 3.63) is 23.8 Å². The van der Waals surface area contributed by atoms with Crippen LogP contribution in [0.4, 0.5) is 13.6 Å². The number of alkyl halides is 2. The quantitative estimate of drug-likeness (QED) is 0.588. The number of rotatable bonds is 1. The van der Waals surface area contributed by atoms with Crippen molar-refractivity contribution in [2.75, 3.05) is 13.1 Å². The molecule has 0 aliphatic carbocycles. The van der Waals surface area contributed by atoms with Crippen LogP contribution in [0.25, 0.3) is 0 Å². The van der Waals surface area contributed by atoms with E-state index in [0.717, 1.165) is 18.4 Å². The van der Waals surface area contributed by atoms with Crippen molar-refractivity contribution in [1.82, 2.24) is 4.90 Å². The van der Waals surface area contributed by atoms with Crippen LogP contribution in [0.15, 0.2) is 18.2 Å². The van der Waals surface area contributed by atoms with Crippen molar-refractivity contribution in [2.45, 2.75) is 25.1 Å². The summed E-state index contributed by atoms with van der Waals surface area (Å²) in [6.45, 7) is 1.11. The lowest BCUT2D eigenvalue weighted by molar-refractivity contribution is -0.286. The molecule has 1 atom stereocenters. The van der Waals surface area contributed by atoms with Gasteiger partial charge in [-0.15, -0.1) is 8.78 Å². The van der Waals surface area contributed by atoms with Gasteiger partial charge in [-0.25, -0.2) is 0 Å². The van der Waals surface area contributed by atoms with E-state index in [1.165, 1.54) is 6.07 Å². The van der Waals surface area contributed by atoms with Crippen molar-refractivity contribution in [3.8, 4) is 11.5 Å². The largest absolute Gasteiger partial charge is 0.586 e. The highest BCUT2D eigenvalue weighted by Gasteiger charge is 2.43. The zero-order chi connectivity index (χ0) is 14.3. The molecule has 1 saturated heterocycles. The maximum Gasteiger partial charge on any atom is 0.586 e. The van der Waals surface area contributed by atoms with Gasteiger partial charge in [-0.2, -0.15) is 0 Å². The Kier molecular flexibility index (Phi) is 3.20. The number of fused-ring (bicyclic) bond motifs is 1. The van der Waals surface area contributed by atoms with E-state index in [1.807, 2.05) is 0 Å². The van der Waals surface area contributed by atoms with E-state index in [0.29, 0.717) is 13.1 Å². The number of halogens is 3. The average molecular weight is 304 g/mol. The molecule has 0 saturated carbocycles. The lowest BCUT2D eigenvalue weighted by Crippen LogP contribution is -2.36. The lowest BCUT2D eigenvalue weighted by atomic mass is 9.90. The molecule has 7 heteroatoms. The number of hydrogen-bond donors (Lipinski definition) is 0. The smallest absolute Gasteiger partial charge is 0.395 e. The zero-order valence-electron chi connectivity index (χ0n) is 10.4. The normalized spacial score (nSPS) is 23.8. The van der Waals surface area contributed by atoms with Gasteiger partial charge >= 0.3 is 11.7 Å². The van der Waals surface area contributed by atoms with Gasteiger partial charge in [0, 0.05) is 19.0 Å². The van der Waals surface area contributed by atoms with Gasteiger partial charge in [0.15, 0.2) is 11.5 Å². The molecule has 0 radical (unpaired) electrons. The highest BCUT2D eigenvalue weighted by molar-refractivity contribution is 6.62. The van der Waals surface area contributed by atoms with Crippen molar-refractivity contribution in [1.29, 1.82) is 0 Å². The van der Waals surface area contributed by atoms with Crippen LogP contribution in [-0.2, 0) is 0 Å². The third kappa shape index (κ3) is 2.52. The van der Waals surface area contributed by atoms with Gasteiger partial charge < -0.3 is 14.4 Å². The van der Waals surface area contributed by atoms with Crippen molar-refractivity contribution >= 4 is 17.0 Å². The van der Waals surface area contributed by atoms with Gasteiger partial charge in [-0.1, -0.05) is 6.07 Å². The minimum Gasteiger partial charge on any atom is -0.395 e. The van der Waals surface area contributed by atoms with Crippen LogP contribution in [0.1, 0.15) is 24.3 Å². The van der Waals surface area contributed by atoms with Crippen LogP contribution in [0.2, 0.25) is 0 Å². The Hall–Kier alpha value is -1.56. The summed E-state index contributed by atoms with van der Waals surface area (Å²) in [6, 6.07) is 4.73. The number of hydrogen-bond acceptors (Lipinski definition) is 3. The number of benzene rings is 1. The fraction of sp³-hybridized carbons (Fsp3) is 0.462. The summed E-state index contributed by atoms with van der Waals surface area (Å²) in [5, 5.41) is -0.484. The molecular formula is C13H12ClF2NO3. The molecule has 0 aromatic heterocycles. The number of carbonyl (C=O) groups excluding carboxylic acids is 1. The second-order valence-electron chi connectivity index (χ2n) is 4.91. The van der Waals surface area contributed by atoms with E-state index in [-0.39, 0.29) is 17.4 Å². The van der Waals surface area contributed by atoms with E-state index < -0.39 is 11.7 Å². The molecule has 2 heterocycles. The first-order valence-electron chi connectivity index (χ1n) is 6.29. The summed E-state index contributed by atoms with van der Waals surface area (Å²) in [5.74, 6) is 0.122. The highest BCUT2D eigenvalue weighted by atomic mass is 35.5. The fourth-order valence-electron chi connectivity index (χ4n) is 2.63. The maximum absolute atomic E-state index is 13.0. The Bertz CT molecular complexity index is 552. The molecule has 0 N–H and O–H groups in total. The summed E-state index contributed by atoms with van der Waals surface area (Å²) in [5.41, 5.74) is 0.840.